The minimum absolute atomic E-state index is 0.325. The van der Waals surface area contributed by atoms with Crippen molar-refractivity contribution in [2.24, 2.45) is 0 Å². The monoisotopic (exact) mass is 262 g/mol. The summed E-state index contributed by atoms with van der Waals surface area (Å²) in [6, 6.07) is 4.51. The van der Waals surface area contributed by atoms with Crippen LogP contribution < -0.4 is 15.8 Å². The smallest absolute Gasteiger partial charge is 0.254 e. The summed E-state index contributed by atoms with van der Waals surface area (Å²) in [4.78, 5) is 12.1. The Morgan fingerprint density at radius 2 is 2.32 bits per heavy atom. The molecule has 0 saturated carbocycles. The second kappa shape index (κ2) is 5.34. The van der Waals surface area contributed by atoms with Gasteiger partial charge in [-0.2, -0.15) is 5.21 Å². The molecule has 1 aromatic heterocycles. The molecule has 0 saturated heterocycles. The van der Waals surface area contributed by atoms with Crippen LogP contribution in [0.4, 0.5) is 5.69 Å². The molecular formula is C11H14N6O2. The lowest BCUT2D eigenvalue weighted by atomic mass is 10.1. The molecule has 2 aromatic rings. The third kappa shape index (κ3) is 2.79. The van der Waals surface area contributed by atoms with Gasteiger partial charge in [0.15, 0.2) is 5.82 Å². The number of carbonyl (C=O) groups excluding carboxylic acids is 1. The third-order valence-corrected chi connectivity index (χ3v) is 2.60. The van der Waals surface area contributed by atoms with Gasteiger partial charge in [-0.1, -0.05) is 5.21 Å². The molecular weight excluding hydrogens is 248 g/mol. The van der Waals surface area contributed by atoms with E-state index in [2.05, 4.69) is 25.9 Å². The molecule has 19 heavy (non-hydrogen) atoms. The Hall–Kier alpha value is -2.64. The van der Waals surface area contributed by atoms with Crippen molar-refractivity contribution >= 4 is 11.6 Å². The molecule has 1 unspecified atom stereocenters. The minimum Gasteiger partial charge on any atom is -0.497 e. The molecule has 4 N–H and O–H groups in total. The molecule has 0 bridgehead atoms. The fourth-order valence-corrected chi connectivity index (χ4v) is 1.55. The van der Waals surface area contributed by atoms with Crippen LogP contribution in [0.2, 0.25) is 0 Å². The number of aromatic amines is 1. The zero-order valence-electron chi connectivity index (χ0n) is 10.5. The highest BCUT2D eigenvalue weighted by Gasteiger charge is 2.17. The summed E-state index contributed by atoms with van der Waals surface area (Å²) in [5.41, 5.74) is 6.49. The van der Waals surface area contributed by atoms with E-state index in [1.54, 1.807) is 25.1 Å². The van der Waals surface area contributed by atoms with E-state index >= 15 is 0 Å². The van der Waals surface area contributed by atoms with E-state index in [0.717, 1.165) is 0 Å². The molecule has 0 fully saturated rings. The SMILES string of the molecule is COc1ccc(N)c(C(=O)NC(C)c2nn[nH]n2)c1. The van der Waals surface area contributed by atoms with Gasteiger partial charge in [0, 0.05) is 5.69 Å². The second-order valence-electron chi connectivity index (χ2n) is 3.92. The number of nitrogen functional groups attached to an aromatic ring is 1. The number of nitrogens with zero attached hydrogens (tertiary/aromatic N) is 3. The number of hydrogen-bond donors (Lipinski definition) is 3. The predicted octanol–water partition coefficient (Wildman–Crippen LogP) is 0.281. The first-order valence-electron chi connectivity index (χ1n) is 5.59. The first-order valence-corrected chi connectivity index (χ1v) is 5.59. The fraction of sp³-hybridized carbons (Fsp3) is 0.273. The van der Waals surface area contributed by atoms with Gasteiger partial charge in [-0.25, -0.2) is 0 Å². The Morgan fingerprint density at radius 1 is 1.53 bits per heavy atom. The largest absolute Gasteiger partial charge is 0.497 e. The highest BCUT2D eigenvalue weighted by molar-refractivity contribution is 5.99. The topological polar surface area (TPSA) is 119 Å². The third-order valence-electron chi connectivity index (χ3n) is 2.60. The van der Waals surface area contributed by atoms with Gasteiger partial charge < -0.3 is 15.8 Å². The van der Waals surface area contributed by atoms with E-state index in [0.29, 0.717) is 22.8 Å². The molecule has 0 spiro atoms. The maximum absolute atomic E-state index is 12.1. The van der Waals surface area contributed by atoms with Crippen molar-refractivity contribution in [2.45, 2.75) is 13.0 Å². The van der Waals surface area contributed by atoms with Crippen molar-refractivity contribution in [1.29, 1.82) is 0 Å². The summed E-state index contributed by atoms with van der Waals surface area (Å²) in [5.74, 6) is 0.634. The molecule has 1 atom stereocenters. The number of hydrogen-bond acceptors (Lipinski definition) is 6. The maximum Gasteiger partial charge on any atom is 0.254 e. The number of benzene rings is 1. The van der Waals surface area contributed by atoms with Crippen LogP contribution in [-0.2, 0) is 0 Å². The van der Waals surface area contributed by atoms with Crippen LogP contribution in [0.1, 0.15) is 29.1 Å². The first kappa shape index (κ1) is 12.8. The number of rotatable bonds is 4. The summed E-state index contributed by atoms with van der Waals surface area (Å²) in [7, 11) is 1.52. The molecule has 0 radical (unpaired) electrons. The Labute approximate surface area is 109 Å². The summed E-state index contributed by atoms with van der Waals surface area (Å²) in [6.45, 7) is 1.75. The summed E-state index contributed by atoms with van der Waals surface area (Å²) in [5, 5.41) is 16.1. The zero-order chi connectivity index (χ0) is 13.8. The Balaban J connectivity index is 2.16. The molecule has 0 aliphatic heterocycles. The van der Waals surface area contributed by atoms with Crippen LogP contribution in [0.5, 0.6) is 5.75 Å². The summed E-state index contributed by atoms with van der Waals surface area (Å²) >= 11 is 0. The molecule has 0 aliphatic carbocycles. The number of carbonyl (C=O) groups is 1. The van der Waals surface area contributed by atoms with Gasteiger partial charge >= 0.3 is 0 Å². The molecule has 1 heterocycles. The van der Waals surface area contributed by atoms with Crippen molar-refractivity contribution in [3.8, 4) is 5.75 Å². The Morgan fingerprint density at radius 3 is 2.95 bits per heavy atom. The van der Waals surface area contributed by atoms with Crippen molar-refractivity contribution < 1.29 is 9.53 Å². The van der Waals surface area contributed by atoms with Gasteiger partial charge in [-0.3, -0.25) is 4.79 Å². The number of anilines is 1. The van der Waals surface area contributed by atoms with E-state index in [1.165, 1.54) is 7.11 Å². The van der Waals surface area contributed by atoms with Crippen LogP contribution in [0.25, 0.3) is 0 Å². The lowest BCUT2D eigenvalue weighted by Crippen LogP contribution is -2.28. The van der Waals surface area contributed by atoms with Crippen LogP contribution in [0.3, 0.4) is 0 Å². The summed E-state index contributed by atoms with van der Waals surface area (Å²) in [6.07, 6.45) is 0. The summed E-state index contributed by atoms with van der Waals surface area (Å²) < 4.78 is 5.06. The van der Waals surface area contributed by atoms with Gasteiger partial charge in [0.05, 0.1) is 18.7 Å². The maximum atomic E-state index is 12.1. The van der Waals surface area contributed by atoms with Crippen molar-refractivity contribution in [1.82, 2.24) is 25.9 Å². The van der Waals surface area contributed by atoms with Crippen LogP contribution in [-0.4, -0.2) is 33.6 Å². The van der Waals surface area contributed by atoms with Gasteiger partial charge in [0.2, 0.25) is 0 Å². The highest BCUT2D eigenvalue weighted by atomic mass is 16.5. The average Bonchev–Trinajstić information content (AvgIpc) is 2.93. The van der Waals surface area contributed by atoms with Crippen molar-refractivity contribution in [2.75, 3.05) is 12.8 Å². The molecule has 1 amide bonds. The van der Waals surface area contributed by atoms with Gasteiger partial charge in [0.1, 0.15) is 5.75 Å². The standard InChI is InChI=1S/C11H14N6O2/c1-6(10-14-16-17-15-10)13-11(18)8-5-7(19-2)3-4-9(8)12/h3-6H,12H2,1-2H3,(H,13,18)(H,14,15,16,17). The zero-order valence-corrected chi connectivity index (χ0v) is 10.5. The number of methoxy groups -OCH3 is 1. The number of ether oxygens (including phenoxy) is 1. The average molecular weight is 262 g/mol. The van der Waals surface area contributed by atoms with Crippen molar-refractivity contribution in [3.05, 3.63) is 29.6 Å². The van der Waals surface area contributed by atoms with E-state index < -0.39 is 0 Å². The van der Waals surface area contributed by atoms with Crippen LogP contribution in [0, 0.1) is 0 Å². The van der Waals surface area contributed by atoms with Gasteiger partial charge in [0.25, 0.3) is 5.91 Å². The second-order valence-corrected chi connectivity index (χ2v) is 3.92. The molecule has 100 valence electrons. The van der Waals surface area contributed by atoms with Gasteiger partial charge in [-0.15, -0.1) is 10.2 Å². The molecule has 8 nitrogen and oxygen atoms in total. The van der Waals surface area contributed by atoms with E-state index in [4.69, 9.17) is 10.5 Å². The normalized spacial score (nSPS) is 11.9. The number of nitrogens with two attached hydrogens (primary N) is 1. The lowest BCUT2D eigenvalue weighted by Gasteiger charge is -2.12. The van der Waals surface area contributed by atoms with Gasteiger partial charge in [-0.05, 0) is 25.1 Å². The Kier molecular flexibility index (Phi) is 3.60. The van der Waals surface area contributed by atoms with E-state index in [-0.39, 0.29) is 11.9 Å². The van der Waals surface area contributed by atoms with Crippen LogP contribution >= 0.6 is 0 Å². The number of tetrazole rings is 1. The molecule has 8 heteroatoms. The van der Waals surface area contributed by atoms with E-state index in [1.807, 2.05) is 0 Å². The number of aromatic nitrogens is 4. The van der Waals surface area contributed by atoms with E-state index in [9.17, 15) is 4.79 Å². The lowest BCUT2D eigenvalue weighted by molar-refractivity contribution is 0.0939. The molecule has 1 aromatic carbocycles. The Bertz CT molecular complexity index is 569. The van der Waals surface area contributed by atoms with Crippen molar-refractivity contribution in [3.63, 3.8) is 0 Å². The minimum atomic E-state index is -0.378. The van der Waals surface area contributed by atoms with Crippen LogP contribution in [0.15, 0.2) is 18.2 Å². The quantitative estimate of drug-likeness (QED) is 0.681. The number of amides is 1. The first-order chi connectivity index (χ1) is 9.11. The molecule has 0 aliphatic rings. The number of nitrogens with one attached hydrogen (secondary N) is 2. The predicted molar refractivity (Wildman–Crippen MR) is 67.5 cm³/mol. The highest BCUT2D eigenvalue weighted by Crippen LogP contribution is 2.20. The fourth-order valence-electron chi connectivity index (χ4n) is 1.55. The number of H-pyrrole nitrogens is 1. The molecule has 2 rings (SSSR count).